The number of benzene rings is 2. The van der Waals surface area contributed by atoms with Crippen LogP contribution in [0, 0.1) is 0 Å². The fourth-order valence-corrected chi connectivity index (χ4v) is 4.90. The zero-order chi connectivity index (χ0) is 18.6. The zero-order valence-corrected chi connectivity index (χ0v) is 16.3. The van der Waals surface area contributed by atoms with Crippen LogP contribution < -0.4 is 5.32 Å². The van der Waals surface area contributed by atoms with Gasteiger partial charge in [-0.05, 0) is 61.6 Å². The molecule has 1 saturated heterocycles. The number of rotatable bonds is 5. The maximum absolute atomic E-state index is 12.8. The molecule has 7 heteroatoms. The van der Waals surface area contributed by atoms with Gasteiger partial charge >= 0.3 is 0 Å². The van der Waals surface area contributed by atoms with Gasteiger partial charge in [-0.25, -0.2) is 8.42 Å². The van der Waals surface area contributed by atoms with Crippen molar-refractivity contribution in [2.24, 2.45) is 0 Å². The van der Waals surface area contributed by atoms with E-state index in [1.165, 1.54) is 10.4 Å². The van der Waals surface area contributed by atoms with Crippen molar-refractivity contribution in [3.8, 4) is 0 Å². The summed E-state index contributed by atoms with van der Waals surface area (Å²) in [7, 11) is -3.55. The molecular formula is C19H22N2O3S2. The van der Waals surface area contributed by atoms with Gasteiger partial charge in [0.05, 0.1) is 4.90 Å². The van der Waals surface area contributed by atoms with E-state index in [-0.39, 0.29) is 10.8 Å². The van der Waals surface area contributed by atoms with E-state index in [9.17, 15) is 13.2 Å². The Bertz CT molecular complexity index is 874. The Balaban J connectivity index is 1.78. The number of nitrogens with zero attached hydrogens (tertiary/aromatic N) is 1. The highest BCUT2D eigenvalue weighted by Crippen LogP contribution is 2.22. The molecule has 0 unspecified atom stereocenters. The number of amides is 1. The third kappa shape index (κ3) is 4.28. The van der Waals surface area contributed by atoms with E-state index in [0.29, 0.717) is 24.3 Å². The molecule has 138 valence electrons. The number of carbonyl (C=O) groups excluding carboxylic acids is 1. The maximum atomic E-state index is 12.8. The molecule has 0 atom stereocenters. The molecule has 0 saturated carbocycles. The number of hydrogen-bond donors (Lipinski definition) is 1. The van der Waals surface area contributed by atoms with Crippen LogP contribution in [0.25, 0.3) is 0 Å². The normalized spacial score (nSPS) is 15.6. The maximum Gasteiger partial charge on any atom is 0.255 e. The highest BCUT2D eigenvalue weighted by atomic mass is 32.2. The molecule has 1 fully saturated rings. The fraction of sp³-hybridized carbons (Fsp3) is 0.316. The van der Waals surface area contributed by atoms with E-state index in [1.807, 2.05) is 30.5 Å². The number of hydrogen-bond acceptors (Lipinski definition) is 4. The Kier molecular flexibility index (Phi) is 6.01. The van der Waals surface area contributed by atoms with Gasteiger partial charge in [0.2, 0.25) is 10.0 Å². The molecule has 1 aliphatic heterocycles. The van der Waals surface area contributed by atoms with Crippen LogP contribution in [0.2, 0.25) is 0 Å². The summed E-state index contributed by atoms with van der Waals surface area (Å²) in [6.45, 7) is 1.08. The first-order valence-corrected chi connectivity index (χ1v) is 11.2. The minimum absolute atomic E-state index is 0.171. The summed E-state index contributed by atoms with van der Waals surface area (Å²) in [5, 5.41) is 2.81. The molecule has 3 rings (SSSR count). The molecule has 0 aromatic heterocycles. The van der Waals surface area contributed by atoms with Crippen molar-refractivity contribution in [2.75, 3.05) is 24.7 Å². The lowest BCUT2D eigenvalue weighted by atomic mass is 10.2. The quantitative estimate of drug-likeness (QED) is 0.788. The van der Waals surface area contributed by atoms with Crippen LogP contribution in [0.3, 0.4) is 0 Å². The van der Waals surface area contributed by atoms with Gasteiger partial charge in [-0.3, -0.25) is 4.79 Å². The average molecular weight is 391 g/mol. The molecule has 5 nitrogen and oxygen atoms in total. The second kappa shape index (κ2) is 8.24. The molecule has 0 bridgehead atoms. The van der Waals surface area contributed by atoms with Gasteiger partial charge in [-0.2, -0.15) is 4.31 Å². The van der Waals surface area contributed by atoms with Gasteiger partial charge in [0.1, 0.15) is 0 Å². The summed E-state index contributed by atoms with van der Waals surface area (Å²) in [6.07, 6.45) is 4.81. The summed E-state index contributed by atoms with van der Waals surface area (Å²) < 4.78 is 27.1. The van der Waals surface area contributed by atoms with E-state index in [4.69, 9.17) is 0 Å². The molecule has 0 spiro atoms. The van der Waals surface area contributed by atoms with Crippen molar-refractivity contribution in [3.05, 3.63) is 54.1 Å². The summed E-state index contributed by atoms with van der Waals surface area (Å²) in [6, 6.07) is 13.8. The first kappa shape index (κ1) is 18.9. The molecule has 1 aliphatic rings. The highest BCUT2D eigenvalue weighted by molar-refractivity contribution is 7.98. The largest absolute Gasteiger partial charge is 0.322 e. The van der Waals surface area contributed by atoms with Crippen LogP contribution in [-0.2, 0) is 10.0 Å². The third-order valence-corrected chi connectivity index (χ3v) is 7.04. The van der Waals surface area contributed by atoms with Crippen molar-refractivity contribution < 1.29 is 13.2 Å². The lowest BCUT2D eigenvalue weighted by Gasteiger charge is -2.26. The van der Waals surface area contributed by atoms with Crippen molar-refractivity contribution >= 4 is 33.4 Å². The van der Waals surface area contributed by atoms with E-state index < -0.39 is 10.0 Å². The molecule has 1 heterocycles. The van der Waals surface area contributed by atoms with Crippen molar-refractivity contribution in [2.45, 2.75) is 29.1 Å². The first-order chi connectivity index (χ1) is 12.5. The van der Waals surface area contributed by atoms with Crippen LogP contribution in [-0.4, -0.2) is 38.0 Å². The van der Waals surface area contributed by atoms with E-state index in [1.54, 1.807) is 30.0 Å². The number of carbonyl (C=O) groups is 1. The molecule has 0 radical (unpaired) electrons. The Labute approximate surface area is 158 Å². The van der Waals surface area contributed by atoms with Gasteiger partial charge in [0, 0.05) is 29.2 Å². The average Bonchev–Trinajstić information content (AvgIpc) is 2.69. The molecule has 26 heavy (non-hydrogen) atoms. The highest BCUT2D eigenvalue weighted by Gasteiger charge is 2.26. The van der Waals surface area contributed by atoms with Gasteiger partial charge in [-0.1, -0.05) is 12.5 Å². The van der Waals surface area contributed by atoms with Crippen LogP contribution >= 0.6 is 11.8 Å². The predicted molar refractivity (Wildman–Crippen MR) is 105 cm³/mol. The van der Waals surface area contributed by atoms with Crippen LogP contribution in [0.5, 0.6) is 0 Å². The topological polar surface area (TPSA) is 66.5 Å². The lowest BCUT2D eigenvalue weighted by molar-refractivity contribution is 0.102. The third-order valence-electron chi connectivity index (χ3n) is 4.40. The molecule has 2 aromatic rings. The standard InChI is InChI=1S/C19H22N2O3S2/c1-25-17-10-8-16(9-11-17)20-19(22)15-6-5-7-18(14-15)26(23,24)21-12-3-2-4-13-21/h5-11,14H,2-4,12-13H2,1H3,(H,20,22). The molecule has 2 aromatic carbocycles. The number of thioether (sulfide) groups is 1. The monoisotopic (exact) mass is 390 g/mol. The van der Waals surface area contributed by atoms with E-state index in [2.05, 4.69) is 5.32 Å². The van der Waals surface area contributed by atoms with Crippen LogP contribution in [0.4, 0.5) is 5.69 Å². The van der Waals surface area contributed by atoms with E-state index >= 15 is 0 Å². The number of nitrogens with one attached hydrogen (secondary N) is 1. The molecule has 1 N–H and O–H groups in total. The van der Waals surface area contributed by atoms with E-state index in [0.717, 1.165) is 24.2 Å². The summed E-state index contributed by atoms with van der Waals surface area (Å²) in [5.41, 5.74) is 1.01. The van der Waals surface area contributed by atoms with Gasteiger partial charge in [0.15, 0.2) is 0 Å². The molecule has 1 amide bonds. The summed E-state index contributed by atoms with van der Waals surface area (Å²) in [5.74, 6) is -0.322. The first-order valence-electron chi connectivity index (χ1n) is 8.56. The minimum atomic E-state index is -3.55. The SMILES string of the molecule is CSc1ccc(NC(=O)c2cccc(S(=O)(=O)N3CCCCC3)c2)cc1. The number of anilines is 1. The second-order valence-electron chi connectivity index (χ2n) is 6.18. The van der Waals surface area contributed by atoms with Crippen molar-refractivity contribution in [3.63, 3.8) is 0 Å². The second-order valence-corrected chi connectivity index (χ2v) is 8.99. The predicted octanol–water partition coefficient (Wildman–Crippen LogP) is 3.84. The van der Waals surface area contributed by atoms with Crippen molar-refractivity contribution in [1.29, 1.82) is 0 Å². The molecule has 0 aliphatic carbocycles. The summed E-state index contributed by atoms with van der Waals surface area (Å²) in [4.78, 5) is 13.8. The fourth-order valence-electron chi connectivity index (χ4n) is 2.93. The zero-order valence-electron chi connectivity index (χ0n) is 14.6. The minimum Gasteiger partial charge on any atom is -0.322 e. The number of piperidine rings is 1. The Hall–Kier alpha value is -1.83. The van der Waals surface area contributed by atoms with Gasteiger partial charge < -0.3 is 5.32 Å². The van der Waals surface area contributed by atoms with Gasteiger partial charge in [0.25, 0.3) is 5.91 Å². The smallest absolute Gasteiger partial charge is 0.255 e. The van der Waals surface area contributed by atoms with Crippen molar-refractivity contribution in [1.82, 2.24) is 4.31 Å². The van der Waals surface area contributed by atoms with Crippen LogP contribution in [0.15, 0.2) is 58.3 Å². The van der Waals surface area contributed by atoms with Crippen LogP contribution in [0.1, 0.15) is 29.6 Å². The summed E-state index contributed by atoms with van der Waals surface area (Å²) >= 11 is 1.63. The van der Waals surface area contributed by atoms with Gasteiger partial charge in [-0.15, -0.1) is 11.8 Å². The lowest BCUT2D eigenvalue weighted by Crippen LogP contribution is -2.35. The molecular weight excluding hydrogens is 368 g/mol. The Morgan fingerprint density at radius 2 is 1.73 bits per heavy atom. The Morgan fingerprint density at radius 3 is 2.38 bits per heavy atom. The number of sulfonamides is 1. The Morgan fingerprint density at radius 1 is 1.04 bits per heavy atom.